The Morgan fingerprint density at radius 3 is 2.64 bits per heavy atom. The number of nitrogens with one attached hydrogen (secondary N) is 1. The van der Waals surface area contributed by atoms with E-state index in [4.69, 9.17) is 52.1 Å². The number of pyridine rings is 1. The zero-order valence-electron chi connectivity index (χ0n) is 10.8. The first-order valence-electron chi connectivity index (χ1n) is 5.79. The van der Waals surface area contributed by atoms with Gasteiger partial charge in [-0.2, -0.15) is 5.10 Å². The molecule has 22 heavy (non-hydrogen) atoms. The minimum atomic E-state index is -0.673. The Balaban J connectivity index is 2.17. The maximum atomic E-state index is 12.0. The van der Waals surface area contributed by atoms with E-state index >= 15 is 0 Å². The molecule has 1 amide bonds. The summed E-state index contributed by atoms with van der Waals surface area (Å²) in [5.41, 5.74) is 8.42. The highest BCUT2D eigenvalue weighted by molar-refractivity contribution is 6.46. The van der Waals surface area contributed by atoms with Crippen molar-refractivity contribution in [1.82, 2.24) is 10.4 Å². The van der Waals surface area contributed by atoms with Gasteiger partial charge >= 0.3 is 0 Å². The van der Waals surface area contributed by atoms with Crippen LogP contribution >= 0.6 is 46.4 Å². The molecule has 5 nitrogen and oxygen atoms in total. The van der Waals surface area contributed by atoms with E-state index in [9.17, 15) is 4.79 Å². The van der Waals surface area contributed by atoms with Crippen molar-refractivity contribution in [3.05, 3.63) is 55.7 Å². The van der Waals surface area contributed by atoms with Crippen LogP contribution in [0, 0.1) is 0 Å². The average Bonchev–Trinajstić information content (AvgIpc) is 2.48. The first-order chi connectivity index (χ1) is 10.4. The first-order valence-corrected chi connectivity index (χ1v) is 7.30. The van der Waals surface area contributed by atoms with Crippen molar-refractivity contribution >= 4 is 64.2 Å². The second-order valence-corrected chi connectivity index (χ2v) is 5.60. The fraction of sp³-hybridized carbons (Fsp3) is 0. The van der Waals surface area contributed by atoms with Crippen molar-refractivity contribution in [2.75, 3.05) is 5.73 Å². The zero-order chi connectivity index (χ0) is 16.3. The SMILES string of the molecule is Nc1c(Cl)c(Cl)nc(C(=O)N/N=C/c2cccc(Cl)c2)c1Cl. The van der Waals surface area contributed by atoms with Crippen molar-refractivity contribution in [2.24, 2.45) is 5.10 Å². The number of nitrogens with zero attached hydrogens (tertiary/aromatic N) is 2. The normalized spacial score (nSPS) is 10.9. The molecule has 1 aromatic heterocycles. The number of hydrogen-bond acceptors (Lipinski definition) is 4. The van der Waals surface area contributed by atoms with Crippen LogP contribution in [-0.4, -0.2) is 17.1 Å². The van der Waals surface area contributed by atoms with Gasteiger partial charge in [0.15, 0.2) is 10.8 Å². The fourth-order valence-corrected chi connectivity index (χ4v) is 2.28. The monoisotopic (exact) mass is 376 g/mol. The molecule has 114 valence electrons. The van der Waals surface area contributed by atoms with Gasteiger partial charge in [-0.3, -0.25) is 4.79 Å². The number of halogens is 4. The molecule has 2 rings (SSSR count). The van der Waals surface area contributed by atoms with Gasteiger partial charge < -0.3 is 5.73 Å². The van der Waals surface area contributed by atoms with E-state index < -0.39 is 5.91 Å². The maximum absolute atomic E-state index is 12.0. The van der Waals surface area contributed by atoms with Crippen molar-refractivity contribution in [1.29, 1.82) is 0 Å². The Kier molecular flexibility index (Phi) is 5.47. The number of carbonyl (C=O) groups excluding carboxylic acids is 1. The van der Waals surface area contributed by atoms with Crippen LogP contribution in [0.3, 0.4) is 0 Å². The molecular weight excluding hydrogens is 370 g/mol. The van der Waals surface area contributed by atoms with Gasteiger partial charge in [0.05, 0.1) is 16.9 Å². The van der Waals surface area contributed by atoms with Gasteiger partial charge in [-0.1, -0.05) is 58.5 Å². The van der Waals surface area contributed by atoms with Crippen LogP contribution in [0.25, 0.3) is 0 Å². The molecule has 1 heterocycles. The number of aromatic nitrogens is 1. The molecule has 9 heteroatoms. The van der Waals surface area contributed by atoms with E-state index in [-0.39, 0.29) is 26.6 Å². The van der Waals surface area contributed by atoms with Gasteiger partial charge in [-0.15, -0.1) is 0 Å². The molecule has 0 aliphatic rings. The van der Waals surface area contributed by atoms with Gasteiger partial charge in [0, 0.05) is 5.02 Å². The summed E-state index contributed by atoms with van der Waals surface area (Å²) in [5.74, 6) is -0.673. The lowest BCUT2D eigenvalue weighted by Gasteiger charge is -2.07. The topological polar surface area (TPSA) is 80.4 Å². The smallest absolute Gasteiger partial charge is 0.291 e. The van der Waals surface area contributed by atoms with Crippen LogP contribution < -0.4 is 11.2 Å². The Bertz CT molecular complexity index is 764. The third kappa shape index (κ3) is 3.81. The number of benzene rings is 1. The third-order valence-corrected chi connectivity index (χ3v) is 3.89. The third-order valence-electron chi connectivity index (χ3n) is 2.52. The summed E-state index contributed by atoms with van der Waals surface area (Å²) in [4.78, 5) is 15.8. The number of amides is 1. The molecule has 0 spiro atoms. The van der Waals surface area contributed by atoms with Crippen molar-refractivity contribution in [2.45, 2.75) is 0 Å². The van der Waals surface area contributed by atoms with Crippen LogP contribution in [0.2, 0.25) is 20.2 Å². The summed E-state index contributed by atoms with van der Waals surface area (Å²) < 4.78 is 0. The number of hydrogen-bond donors (Lipinski definition) is 2. The van der Waals surface area contributed by atoms with E-state index in [0.29, 0.717) is 10.6 Å². The standard InChI is InChI=1S/C13H8Cl4N4O/c14-7-3-1-2-6(4-7)5-19-21-13(22)11-8(15)10(18)9(16)12(17)20-11/h1-5H,(H2,18,20)(H,21,22)/b19-5+. The summed E-state index contributed by atoms with van der Waals surface area (Å²) in [6.45, 7) is 0. The first kappa shape index (κ1) is 16.8. The number of rotatable bonds is 3. The number of anilines is 1. The molecule has 0 saturated carbocycles. The predicted octanol–water partition coefficient (Wildman–Crippen LogP) is 4.04. The number of nitrogens with two attached hydrogens (primary N) is 1. The van der Waals surface area contributed by atoms with E-state index in [1.54, 1.807) is 24.3 Å². The minimum Gasteiger partial charge on any atom is -0.396 e. The molecule has 0 aliphatic heterocycles. The lowest BCUT2D eigenvalue weighted by Crippen LogP contribution is -2.20. The van der Waals surface area contributed by atoms with Crippen LogP contribution in [0.1, 0.15) is 16.1 Å². The van der Waals surface area contributed by atoms with E-state index in [0.717, 1.165) is 0 Å². The molecule has 0 bridgehead atoms. The molecule has 0 fully saturated rings. The lowest BCUT2D eigenvalue weighted by atomic mass is 10.2. The largest absolute Gasteiger partial charge is 0.396 e. The van der Waals surface area contributed by atoms with Gasteiger partial charge in [-0.05, 0) is 17.7 Å². The Morgan fingerprint density at radius 1 is 1.23 bits per heavy atom. The number of hydrazone groups is 1. The van der Waals surface area contributed by atoms with E-state index in [1.165, 1.54) is 6.21 Å². The molecule has 0 aliphatic carbocycles. The van der Waals surface area contributed by atoms with Crippen LogP contribution in [0.4, 0.5) is 5.69 Å². The second-order valence-electron chi connectivity index (χ2n) is 4.05. The average molecular weight is 378 g/mol. The Hall–Kier alpha value is -1.53. The van der Waals surface area contributed by atoms with E-state index in [1.807, 2.05) is 0 Å². The molecule has 0 saturated heterocycles. The highest BCUT2D eigenvalue weighted by atomic mass is 35.5. The summed E-state index contributed by atoms with van der Waals surface area (Å²) in [6, 6.07) is 6.92. The van der Waals surface area contributed by atoms with Gasteiger partial charge in [0.25, 0.3) is 5.91 Å². The summed E-state index contributed by atoms with van der Waals surface area (Å²) in [6.07, 6.45) is 1.42. The second kappa shape index (κ2) is 7.15. The Morgan fingerprint density at radius 2 is 1.95 bits per heavy atom. The molecule has 3 N–H and O–H groups in total. The fourth-order valence-electron chi connectivity index (χ4n) is 1.49. The molecule has 1 aromatic carbocycles. The van der Waals surface area contributed by atoms with Crippen molar-refractivity contribution < 1.29 is 4.79 Å². The quantitative estimate of drug-likeness (QED) is 0.481. The van der Waals surface area contributed by atoms with Crippen LogP contribution in [0.15, 0.2) is 29.4 Å². The molecule has 0 atom stereocenters. The number of nitrogen functional groups attached to an aromatic ring is 1. The van der Waals surface area contributed by atoms with Gasteiger partial charge in [-0.25, -0.2) is 10.4 Å². The van der Waals surface area contributed by atoms with Crippen molar-refractivity contribution in [3.8, 4) is 0 Å². The molecule has 0 unspecified atom stereocenters. The summed E-state index contributed by atoms with van der Waals surface area (Å²) >= 11 is 23.3. The molecular formula is C13H8Cl4N4O. The van der Waals surface area contributed by atoms with Crippen LogP contribution in [-0.2, 0) is 0 Å². The van der Waals surface area contributed by atoms with Crippen LogP contribution in [0.5, 0.6) is 0 Å². The molecule has 2 aromatic rings. The van der Waals surface area contributed by atoms with E-state index in [2.05, 4.69) is 15.5 Å². The minimum absolute atomic E-state index is 0.00866. The number of carbonyl (C=O) groups is 1. The van der Waals surface area contributed by atoms with Crippen molar-refractivity contribution in [3.63, 3.8) is 0 Å². The maximum Gasteiger partial charge on any atom is 0.291 e. The highest BCUT2D eigenvalue weighted by Crippen LogP contribution is 2.34. The van der Waals surface area contributed by atoms with Gasteiger partial charge in [0.2, 0.25) is 0 Å². The lowest BCUT2D eigenvalue weighted by molar-refractivity contribution is 0.0950. The molecule has 0 radical (unpaired) electrons. The predicted molar refractivity (Wildman–Crippen MR) is 90.2 cm³/mol. The highest BCUT2D eigenvalue weighted by Gasteiger charge is 2.19. The van der Waals surface area contributed by atoms with Gasteiger partial charge in [0.1, 0.15) is 5.02 Å². The zero-order valence-corrected chi connectivity index (χ0v) is 13.8. The Labute approximate surface area is 146 Å². The summed E-state index contributed by atoms with van der Waals surface area (Å²) in [7, 11) is 0. The summed E-state index contributed by atoms with van der Waals surface area (Å²) in [5, 5.41) is 4.12.